The number of carbonyl (C=O) groups excluding carboxylic acids is 2. The van der Waals surface area contributed by atoms with Gasteiger partial charge in [0, 0.05) is 23.9 Å². The van der Waals surface area contributed by atoms with Crippen LogP contribution in [0.4, 0.5) is 0 Å². The first-order valence-corrected chi connectivity index (χ1v) is 5.26. The Balaban J connectivity index is 0.00000144. The molecule has 1 aromatic rings. The number of hydrogen-bond acceptors (Lipinski definition) is 4. The average Bonchev–Trinajstić information content (AvgIpc) is 2.33. The molecule has 0 saturated heterocycles. The van der Waals surface area contributed by atoms with E-state index in [9.17, 15) is 9.59 Å². The van der Waals surface area contributed by atoms with Crippen molar-refractivity contribution in [3.05, 3.63) is 29.6 Å². The van der Waals surface area contributed by atoms with Gasteiger partial charge in [0.15, 0.2) is 5.78 Å². The number of fused-ring (bicyclic) bond motifs is 1. The largest absolute Gasteiger partial charge is 0.469 e. The third-order valence-electron chi connectivity index (χ3n) is 2.94. The van der Waals surface area contributed by atoms with Crippen molar-refractivity contribution < 1.29 is 14.3 Å². The van der Waals surface area contributed by atoms with Crippen LogP contribution in [-0.2, 0) is 16.0 Å². The lowest BCUT2D eigenvalue weighted by atomic mass is 9.82. The molecule has 2 rings (SSSR count). The molecule has 0 N–H and O–H groups in total. The minimum absolute atomic E-state index is 0. The minimum atomic E-state index is -0.323. The van der Waals surface area contributed by atoms with Gasteiger partial charge in [-0.05, 0) is 24.5 Å². The predicted octanol–water partition coefficient (Wildman–Crippen LogP) is 1.97. The minimum Gasteiger partial charge on any atom is -0.469 e. The van der Waals surface area contributed by atoms with Crippen LogP contribution in [0.1, 0.15) is 28.8 Å². The van der Waals surface area contributed by atoms with Gasteiger partial charge in [-0.15, -0.1) is 17.0 Å². The first-order chi connectivity index (χ1) is 7.72. The van der Waals surface area contributed by atoms with Gasteiger partial charge >= 0.3 is 5.97 Å². The van der Waals surface area contributed by atoms with Crippen molar-refractivity contribution >= 4 is 28.7 Å². The van der Waals surface area contributed by atoms with Crippen LogP contribution in [0, 0.1) is 5.92 Å². The molecule has 92 valence electrons. The van der Waals surface area contributed by atoms with Gasteiger partial charge in [0.1, 0.15) is 0 Å². The van der Waals surface area contributed by atoms with Crippen molar-refractivity contribution in [3.63, 3.8) is 0 Å². The first kappa shape index (κ1) is 13.8. The highest BCUT2D eigenvalue weighted by molar-refractivity contribution is 8.93. The highest BCUT2D eigenvalue weighted by atomic mass is 79.9. The van der Waals surface area contributed by atoms with Crippen molar-refractivity contribution in [3.8, 4) is 0 Å². The van der Waals surface area contributed by atoms with Gasteiger partial charge in [0.05, 0.1) is 13.5 Å². The van der Waals surface area contributed by atoms with Gasteiger partial charge in [-0.3, -0.25) is 14.6 Å². The molecule has 4 nitrogen and oxygen atoms in total. The lowest BCUT2D eigenvalue weighted by molar-refractivity contribution is -0.141. The topological polar surface area (TPSA) is 56.3 Å². The standard InChI is InChI=1S/C12H13NO3.BrH/c1-16-11(14)6-8-2-3-9-7-13-5-4-10(9)12(8)15;/h4-5,7-8H,2-3,6H2,1H3;1H. The molecule has 0 bridgehead atoms. The number of nitrogens with zero attached hydrogens (tertiary/aromatic N) is 1. The predicted molar refractivity (Wildman–Crippen MR) is 67.3 cm³/mol. The van der Waals surface area contributed by atoms with Crippen molar-refractivity contribution in [2.45, 2.75) is 19.3 Å². The zero-order valence-corrected chi connectivity index (χ0v) is 11.2. The molecule has 0 saturated carbocycles. The van der Waals surface area contributed by atoms with E-state index in [-0.39, 0.29) is 41.1 Å². The summed E-state index contributed by atoms with van der Waals surface area (Å²) in [5.41, 5.74) is 1.68. The number of methoxy groups -OCH3 is 1. The molecule has 1 unspecified atom stereocenters. The Morgan fingerprint density at radius 3 is 3.06 bits per heavy atom. The lowest BCUT2D eigenvalue weighted by Crippen LogP contribution is -2.25. The summed E-state index contributed by atoms with van der Waals surface area (Å²) in [6.45, 7) is 0. The molecule has 1 aliphatic rings. The van der Waals surface area contributed by atoms with Gasteiger partial charge in [-0.2, -0.15) is 0 Å². The number of esters is 1. The van der Waals surface area contributed by atoms with Crippen LogP contribution in [0.3, 0.4) is 0 Å². The van der Waals surface area contributed by atoms with Crippen molar-refractivity contribution in [2.75, 3.05) is 7.11 Å². The number of carbonyl (C=O) groups is 2. The third-order valence-corrected chi connectivity index (χ3v) is 2.94. The fourth-order valence-electron chi connectivity index (χ4n) is 2.03. The molecular formula is C12H14BrNO3. The van der Waals surface area contributed by atoms with E-state index in [4.69, 9.17) is 0 Å². The number of ether oxygens (including phenoxy) is 1. The summed E-state index contributed by atoms with van der Waals surface area (Å²) >= 11 is 0. The van der Waals surface area contributed by atoms with E-state index < -0.39 is 0 Å². The second-order valence-electron chi connectivity index (χ2n) is 3.91. The van der Waals surface area contributed by atoms with Crippen LogP contribution >= 0.6 is 17.0 Å². The van der Waals surface area contributed by atoms with Gasteiger partial charge in [-0.1, -0.05) is 0 Å². The molecule has 0 spiro atoms. The van der Waals surface area contributed by atoms with Crippen LogP contribution in [0.15, 0.2) is 18.5 Å². The fraction of sp³-hybridized carbons (Fsp3) is 0.417. The van der Waals surface area contributed by atoms with E-state index in [1.54, 1.807) is 18.5 Å². The first-order valence-electron chi connectivity index (χ1n) is 5.26. The van der Waals surface area contributed by atoms with E-state index in [0.29, 0.717) is 12.0 Å². The van der Waals surface area contributed by atoms with Gasteiger partial charge in [0.25, 0.3) is 0 Å². The van der Waals surface area contributed by atoms with Gasteiger partial charge in [-0.25, -0.2) is 0 Å². The summed E-state index contributed by atoms with van der Waals surface area (Å²) in [5.74, 6) is -0.521. The van der Waals surface area contributed by atoms with Crippen LogP contribution < -0.4 is 0 Å². The molecule has 0 radical (unpaired) electrons. The lowest BCUT2D eigenvalue weighted by Gasteiger charge is -2.21. The number of rotatable bonds is 2. The molecule has 0 fully saturated rings. The molecule has 0 aromatic carbocycles. The number of hydrogen-bond donors (Lipinski definition) is 0. The van der Waals surface area contributed by atoms with Crippen molar-refractivity contribution in [1.29, 1.82) is 0 Å². The number of halogens is 1. The van der Waals surface area contributed by atoms with E-state index in [1.807, 2.05) is 0 Å². The number of ketones is 1. The van der Waals surface area contributed by atoms with Crippen LogP contribution in [0.2, 0.25) is 0 Å². The Morgan fingerprint density at radius 1 is 1.59 bits per heavy atom. The van der Waals surface area contributed by atoms with Crippen molar-refractivity contribution in [1.82, 2.24) is 4.98 Å². The SMILES string of the molecule is Br.COC(=O)CC1CCc2cnccc2C1=O. The molecule has 1 aliphatic carbocycles. The fourth-order valence-corrected chi connectivity index (χ4v) is 2.03. The zero-order chi connectivity index (χ0) is 11.5. The Hall–Kier alpha value is -1.23. The highest BCUT2D eigenvalue weighted by Crippen LogP contribution is 2.26. The van der Waals surface area contributed by atoms with Crippen LogP contribution in [0.25, 0.3) is 0 Å². The summed E-state index contributed by atoms with van der Waals surface area (Å²) in [4.78, 5) is 27.2. The smallest absolute Gasteiger partial charge is 0.306 e. The molecule has 1 atom stereocenters. The second kappa shape index (κ2) is 5.91. The Bertz CT molecular complexity index is 434. The summed E-state index contributed by atoms with van der Waals surface area (Å²) in [5, 5.41) is 0. The Labute approximate surface area is 110 Å². The van der Waals surface area contributed by atoms with E-state index in [0.717, 1.165) is 12.0 Å². The molecule has 5 heteroatoms. The van der Waals surface area contributed by atoms with Crippen LogP contribution in [0.5, 0.6) is 0 Å². The molecule has 1 aromatic heterocycles. The number of aromatic nitrogens is 1. The molecule has 0 amide bonds. The van der Waals surface area contributed by atoms with Crippen molar-refractivity contribution in [2.24, 2.45) is 5.92 Å². The maximum atomic E-state index is 12.0. The Kier molecular flexibility index (Phi) is 4.81. The second-order valence-corrected chi connectivity index (χ2v) is 3.91. The summed E-state index contributed by atoms with van der Waals surface area (Å²) in [6.07, 6.45) is 5.01. The summed E-state index contributed by atoms with van der Waals surface area (Å²) < 4.78 is 4.59. The average molecular weight is 300 g/mol. The van der Waals surface area contributed by atoms with E-state index >= 15 is 0 Å². The summed E-state index contributed by atoms with van der Waals surface area (Å²) in [6, 6.07) is 1.72. The normalized spacial score (nSPS) is 17.9. The zero-order valence-electron chi connectivity index (χ0n) is 9.51. The maximum Gasteiger partial charge on any atom is 0.306 e. The number of aryl methyl sites for hydroxylation is 1. The van der Waals surface area contributed by atoms with Crippen LogP contribution in [-0.4, -0.2) is 23.8 Å². The maximum absolute atomic E-state index is 12.0. The number of Topliss-reactive ketones (excluding diaryl/α,β-unsaturated/α-hetero) is 1. The van der Waals surface area contributed by atoms with E-state index in [2.05, 4.69) is 9.72 Å². The van der Waals surface area contributed by atoms with E-state index in [1.165, 1.54) is 7.11 Å². The third kappa shape index (κ3) is 2.91. The monoisotopic (exact) mass is 299 g/mol. The highest BCUT2D eigenvalue weighted by Gasteiger charge is 2.29. The molecule has 1 heterocycles. The quantitative estimate of drug-likeness (QED) is 0.784. The number of pyridine rings is 1. The molecular weight excluding hydrogens is 286 g/mol. The molecule has 17 heavy (non-hydrogen) atoms. The van der Waals surface area contributed by atoms with Gasteiger partial charge < -0.3 is 4.74 Å². The summed E-state index contributed by atoms with van der Waals surface area (Å²) in [7, 11) is 1.34. The Morgan fingerprint density at radius 2 is 2.35 bits per heavy atom. The molecule has 0 aliphatic heterocycles. The van der Waals surface area contributed by atoms with Gasteiger partial charge in [0.2, 0.25) is 0 Å².